The molecular weight excluding hydrogens is 308 g/mol. The summed E-state index contributed by atoms with van der Waals surface area (Å²) >= 11 is 0. The number of carbonyl (C=O) groups is 1. The zero-order chi connectivity index (χ0) is 18.1. The second-order valence-corrected chi connectivity index (χ2v) is 6.65. The number of allylic oxidation sites excluding steroid dienone is 1. The molecule has 0 aliphatic carbocycles. The largest absolute Gasteiger partial charge is 0.478 e. The summed E-state index contributed by atoms with van der Waals surface area (Å²) < 4.78 is 0. The van der Waals surface area contributed by atoms with Crippen LogP contribution in [0.4, 0.5) is 0 Å². The molecule has 4 N–H and O–H groups in total. The van der Waals surface area contributed by atoms with E-state index in [-0.39, 0.29) is 6.42 Å². The van der Waals surface area contributed by atoms with Gasteiger partial charge in [-0.05, 0) is 19.3 Å². The fourth-order valence-corrected chi connectivity index (χ4v) is 2.75. The molecule has 0 aromatic carbocycles. The lowest BCUT2D eigenvalue weighted by Crippen LogP contribution is -2.26. The van der Waals surface area contributed by atoms with Crippen LogP contribution in [0.1, 0.15) is 96.3 Å². The second kappa shape index (κ2) is 15.6. The van der Waals surface area contributed by atoms with Crippen LogP contribution in [0.3, 0.4) is 0 Å². The fourth-order valence-electron chi connectivity index (χ4n) is 2.75. The molecule has 0 fully saturated rings. The molecule has 0 spiro atoms. The van der Waals surface area contributed by atoms with Gasteiger partial charge in [-0.3, -0.25) is 0 Å². The minimum atomic E-state index is -2.49. The van der Waals surface area contributed by atoms with Crippen molar-refractivity contribution in [3.8, 4) is 0 Å². The Hall–Kier alpha value is -0.910. The fraction of sp³-hybridized carbons (Fsp3) is 0.842. The van der Waals surface area contributed by atoms with Crippen molar-refractivity contribution >= 4 is 5.97 Å². The van der Waals surface area contributed by atoms with Crippen LogP contribution in [-0.2, 0) is 4.79 Å². The predicted octanol–water partition coefficient (Wildman–Crippen LogP) is 4.11. The quantitative estimate of drug-likeness (QED) is 0.181. The molecule has 0 atom stereocenters. The van der Waals surface area contributed by atoms with Gasteiger partial charge < -0.3 is 20.4 Å². The van der Waals surface area contributed by atoms with Gasteiger partial charge in [-0.2, -0.15) is 0 Å². The van der Waals surface area contributed by atoms with E-state index in [0.717, 1.165) is 25.7 Å². The predicted molar refractivity (Wildman–Crippen MR) is 95.4 cm³/mol. The molecule has 142 valence electrons. The van der Waals surface area contributed by atoms with Gasteiger partial charge in [0.2, 0.25) is 0 Å². The number of carboxylic acids is 1. The number of rotatable bonds is 17. The summed E-state index contributed by atoms with van der Waals surface area (Å²) in [7, 11) is 0. The van der Waals surface area contributed by atoms with Gasteiger partial charge in [-0.1, -0.05) is 76.7 Å². The molecule has 0 rings (SSSR count). The highest BCUT2D eigenvalue weighted by Crippen LogP contribution is 2.14. The molecule has 0 aromatic rings. The Kier molecular flexibility index (Phi) is 15.0. The van der Waals surface area contributed by atoms with Crippen molar-refractivity contribution in [2.45, 2.75) is 102 Å². The van der Waals surface area contributed by atoms with E-state index in [9.17, 15) is 4.79 Å². The summed E-state index contributed by atoms with van der Waals surface area (Å²) in [5.74, 6) is -3.35. The van der Waals surface area contributed by atoms with E-state index in [0.29, 0.717) is 6.42 Å². The molecule has 0 saturated carbocycles. The third-order valence-corrected chi connectivity index (χ3v) is 4.14. The van der Waals surface area contributed by atoms with E-state index in [1.807, 2.05) is 0 Å². The first-order chi connectivity index (χ1) is 11.4. The van der Waals surface area contributed by atoms with Crippen LogP contribution < -0.4 is 0 Å². The Balaban J connectivity index is 3.09. The van der Waals surface area contributed by atoms with Crippen LogP contribution >= 0.6 is 0 Å². The summed E-state index contributed by atoms with van der Waals surface area (Å²) in [5.41, 5.74) is 0. The average molecular weight is 344 g/mol. The number of hydrogen-bond donors (Lipinski definition) is 4. The van der Waals surface area contributed by atoms with Crippen LogP contribution in [0.5, 0.6) is 0 Å². The highest BCUT2D eigenvalue weighted by molar-refractivity contribution is 5.79. The van der Waals surface area contributed by atoms with E-state index in [4.69, 9.17) is 20.4 Å². The lowest BCUT2D eigenvalue weighted by Gasteiger charge is -2.12. The van der Waals surface area contributed by atoms with Gasteiger partial charge in [0.15, 0.2) is 0 Å². The van der Waals surface area contributed by atoms with Crippen molar-refractivity contribution in [3.05, 3.63) is 12.2 Å². The molecule has 0 aliphatic heterocycles. The Labute approximate surface area is 146 Å². The van der Waals surface area contributed by atoms with Gasteiger partial charge in [-0.25, -0.2) is 4.79 Å². The molecule has 5 nitrogen and oxygen atoms in total. The van der Waals surface area contributed by atoms with Gasteiger partial charge in [0.05, 0.1) is 0 Å². The molecule has 0 unspecified atom stereocenters. The Morgan fingerprint density at radius 3 is 1.42 bits per heavy atom. The Bertz CT molecular complexity index is 320. The molecule has 0 heterocycles. The van der Waals surface area contributed by atoms with E-state index in [1.54, 1.807) is 6.08 Å². The van der Waals surface area contributed by atoms with Crippen molar-refractivity contribution in [1.82, 2.24) is 0 Å². The van der Waals surface area contributed by atoms with Crippen LogP contribution in [-0.4, -0.2) is 32.4 Å². The van der Waals surface area contributed by atoms with E-state index in [2.05, 4.69) is 0 Å². The van der Waals surface area contributed by atoms with Crippen molar-refractivity contribution in [3.63, 3.8) is 0 Å². The first-order valence-electron chi connectivity index (χ1n) is 9.48. The van der Waals surface area contributed by atoms with Crippen LogP contribution in [0.15, 0.2) is 12.2 Å². The molecular formula is C19H36O5. The van der Waals surface area contributed by atoms with Crippen molar-refractivity contribution < 1.29 is 25.2 Å². The minimum Gasteiger partial charge on any atom is -0.478 e. The van der Waals surface area contributed by atoms with Gasteiger partial charge in [-0.15, -0.1) is 0 Å². The monoisotopic (exact) mass is 344 g/mol. The summed E-state index contributed by atoms with van der Waals surface area (Å²) in [6, 6.07) is 0. The molecule has 0 saturated heterocycles. The normalized spacial score (nSPS) is 12.1. The third-order valence-electron chi connectivity index (χ3n) is 4.14. The first-order valence-corrected chi connectivity index (χ1v) is 9.48. The smallest absolute Gasteiger partial charge is 0.327 e. The topological polar surface area (TPSA) is 98.0 Å². The summed E-state index contributed by atoms with van der Waals surface area (Å²) in [6.07, 6.45) is 18.8. The number of aliphatic hydroxyl groups is 3. The molecule has 24 heavy (non-hydrogen) atoms. The molecule has 0 amide bonds. The Morgan fingerprint density at radius 2 is 1.04 bits per heavy atom. The summed E-state index contributed by atoms with van der Waals surface area (Å²) in [5, 5.41) is 34.7. The summed E-state index contributed by atoms with van der Waals surface area (Å²) in [6.45, 7) is 0. The number of hydrogen-bond acceptors (Lipinski definition) is 4. The third kappa shape index (κ3) is 21.1. The van der Waals surface area contributed by atoms with Crippen molar-refractivity contribution in [2.24, 2.45) is 0 Å². The van der Waals surface area contributed by atoms with Crippen LogP contribution in [0.25, 0.3) is 0 Å². The van der Waals surface area contributed by atoms with Crippen molar-refractivity contribution in [2.75, 3.05) is 0 Å². The maximum atomic E-state index is 10.3. The molecule has 0 bridgehead atoms. The van der Waals surface area contributed by atoms with Crippen LogP contribution in [0.2, 0.25) is 0 Å². The van der Waals surface area contributed by atoms with E-state index >= 15 is 0 Å². The van der Waals surface area contributed by atoms with Gasteiger partial charge in [0.25, 0.3) is 5.97 Å². The molecule has 5 heteroatoms. The highest BCUT2D eigenvalue weighted by Gasteiger charge is 2.16. The lowest BCUT2D eigenvalue weighted by molar-refractivity contribution is -0.315. The van der Waals surface area contributed by atoms with Crippen molar-refractivity contribution in [1.29, 1.82) is 0 Å². The maximum Gasteiger partial charge on any atom is 0.327 e. The number of carboxylic acid groups (broad SMARTS) is 1. The summed E-state index contributed by atoms with van der Waals surface area (Å²) in [4.78, 5) is 10.3. The second-order valence-electron chi connectivity index (χ2n) is 6.65. The zero-order valence-corrected chi connectivity index (χ0v) is 15.0. The zero-order valence-electron chi connectivity index (χ0n) is 15.0. The number of unbranched alkanes of at least 4 members (excludes halogenated alkanes) is 13. The Morgan fingerprint density at radius 1 is 0.667 bits per heavy atom. The molecule has 0 radical (unpaired) electrons. The highest BCUT2D eigenvalue weighted by atomic mass is 16.7. The molecule has 0 aromatic heterocycles. The standard InChI is InChI=1S/C19H36O5/c20-18(21)16-14-12-10-8-6-4-2-1-3-5-7-9-11-13-15-17-19(22,23)24/h14,16,22-24H,1-13,15,17H2,(H,20,21)/b16-14+. The lowest BCUT2D eigenvalue weighted by atomic mass is 10.0. The number of aliphatic carboxylic acids is 1. The maximum absolute atomic E-state index is 10.3. The van der Waals surface area contributed by atoms with Gasteiger partial charge in [0.1, 0.15) is 0 Å². The minimum absolute atomic E-state index is 0.0306. The molecule has 0 aliphatic rings. The van der Waals surface area contributed by atoms with E-state index in [1.165, 1.54) is 63.9 Å². The SMILES string of the molecule is O=C(O)/C=C/CCCCCCCCCCCCCCCC(O)(O)O. The average Bonchev–Trinajstić information content (AvgIpc) is 2.49. The van der Waals surface area contributed by atoms with E-state index < -0.39 is 11.9 Å². The van der Waals surface area contributed by atoms with Gasteiger partial charge in [0, 0.05) is 12.5 Å². The van der Waals surface area contributed by atoms with Crippen LogP contribution in [0, 0.1) is 0 Å². The first kappa shape index (κ1) is 23.1. The van der Waals surface area contributed by atoms with Gasteiger partial charge >= 0.3 is 5.97 Å².